The van der Waals surface area contributed by atoms with Crippen molar-refractivity contribution in [2.75, 3.05) is 12.8 Å². The summed E-state index contributed by atoms with van der Waals surface area (Å²) in [7, 11) is -5.75. The van der Waals surface area contributed by atoms with E-state index in [0.717, 1.165) is 0 Å². The Bertz CT molecular complexity index is 1100. The van der Waals surface area contributed by atoms with Crippen LogP contribution >= 0.6 is 7.87 Å². The molecular formula is C25H46N4O6PSi+. The summed E-state index contributed by atoms with van der Waals surface area (Å²) in [6, 6.07) is 2.05. The summed E-state index contributed by atoms with van der Waals surface area (Å²) in [4.78, 5) is 38.7. The number of aromatic nitrogens is 2. The molecule has 1 saturated heterocycles. The van der Waals surface area contributed by atoms with Crippen molar-refractivity contribution in [3.8, 4) is 6.07 Å². The summed E-state index contributed by atoms with van der Waals surface area (Å²) in [5.41, 5.74) is -0.711. The van der Waals surface area contributed by atoms with Crippen molar-refractivity contribution < 1.29 is 19.3 Å². The second-order valence-electron chi connectivity index (χ2n) is 12.2. The predicted molar refractivity (Wildman–Crippen MR) is 149 cm³/mol. The highest BCUT2D eigenvalue weighted by atomic mass is 31.2. The summed E-state index contributed by atoms with van der Waals surface area (Å²) in [5, 5.41) is 20.0. The van der Waals surface area contributed by atoms with E-state index in [4.69, 9.17) is 9.26 Å². The third-order valence-corrected chi connectivity index (χ3v) is 17.6. The van der Waals surface area contributed by atoms with E-state index in [9.17, 15) is 24.9 Å². The number of aromatic amines is 1. The monoisotopic (exact) mass is 557 g/mol. The van der Waals surface area contributed by atoms with Crippen molar-refractivity contribution in [2.45, 2.75) is 116 Å². The molecule has 0 aliphatic carbocycles. The smallest absolute Gasteiger partial charge is 0.346 e. The van der Waals surface area contributed by atoms with Gasteiger partial charge in [0.15, 0.2) is 0 Å². The normalized spacial score (nSPS) is 24.6. The third-order valence-electron chi connectivity index (χ3n) is 8.12. The molecule has 1 unspecified atom stereocenters. The number of rotatable bonds is 10. The van der Waals surface area contributed by atoms with E-state index < -0.39 is 44.7 Å². The van der Waals surface area contributed by atoms with Crippen molar-refractivity contribution in [3.63, 3.8) is 0 Å². The van der Waals surface area contributed by atoms with Crippen LogP contribution in [0.2, 0.25) is 18.1 Å². The van der Waals surface area contributed by atoms with Gasteiger partial charge in [0.25, 0.3) is 5.56 Å². The van der Waals surface area contributed by atoms with E-state index in [1.807, 2.05) is 32.4 Å². The lowest BCUT2D eigenvalue weighted by Crippen LogP contribution is -2.64. The zero-order valence-corrected chi connectivity index (χ0v) is 25.9. The molecule has 1 aromatic rings. The maximum Gasteiger partial charge on any atom is 0.346 e. The Morgan fingerprint density at radius 3 is 2.38 bits per heavy atom. The van der Waals surface area contributed by atoms with E-state index in [0.29, 0.717) is 5.56 Å². The molecule has 0 saturated carbocycles. The number of H-pyrrole nitrogens is 1. The first-order valence-electron chi connectivity index (χ1n) is 12.9. The SMILES string of the molecule is Cc1cn([C@H]2C[C@@](O)([Si](C)(C)C(C)(C)C)[C@@H](CO[P+](O)(CCC#N)N(C(C)C)C(C)C)O2)c(=O)[nH]c1=O. The van der Waals surface area contributed by atoms with Gasteiger partial charge < -0.3 is 9.84 Å². The van der Waals surface area contributed by atoms with Crippen LogP contribution in [0, 0.1) is 18.3 Å². The van der Waals surface area contributed by atoms with Gasteiger partial charge in [-0.2, -0.15) is 9.79 Å². The summed E-state index contributed by atoms with van der Waals surface area (Å²) in [6.45, 7) is 19.9. The highest BCUT2D eigenvalue weighted by Gasteiger charge is 2.63. The van der Waals surface area contributed by atoms with Gasteiger partial charge in [-0.1, -0.05) is 33.9 Å². The average Bonchev–Trinajstić information content (AvgIpc) is 3.10. The van der Waals surface area contributed by atoms with E-state index in [-0.39, 0.29) is 42.7 Å². The molecule has 2 heterocycles. The van der Waals surface area contributed by atoms with Gasteiger partial charge in [-0.3, -0.25) is 14.3 Å². The van der Waals surface area contributed by atoms with Gasteiger partial charge in [0.2, 0.25) is 0 Å². The fourth-order valence-corrected chi connectivity index (χ4v) is 10.8. The van der Waals surface area contributed by atoms with Gasteiger partial charge in [-0.05, 0) is 39.7 Å². The standard InChI is InChI=1S/C25H45N4O6PSi/c1-17(2)29(18(3)4)36(33,13-11-12-26)34-16-20-25(32,37(9,10)24(6,7)8)14-21(35-20)28-15-19(5)22(30)27-23(28)31/h15,17-18,20-21,32-33H,11,13-14,16H2,1-10H3/p+1/t20-,21-,25-,36?/m1/s1. The van der Waals surface area contributed by atoms with Crippen LogP contribution in [0.4, 0.5) is 0 Å². The topological polar surface area (TPSA) is 141 Å². The maximum absolute atomic E-state index is 12.7. The Morgan fingerprint density at radius 2 is 1.89 bits per heavy atom. The zero-order valence-electron chi connectivity index (χ0n) is 24.0. The highest BCUT2D eigenvalue weighted by molar-refractivity contribution is 7.63. The third kappa shape index (κ3) is 6.27. The molecule has 0 amide bonds. The van der Waals surface area contributed by atoms with Gasteiger partial charge in [0, 0.05) is 30.3 Å². The van der Waals surface area contributed by atoms with Crippen LogP contribution in [0.5, 0.6) is 0 Å². The van der Waals surface area contributed by atoms with Gasteiger partial charge in [-0.25, -0.2) is 9.69 Å². The molecule has 0 bridgehead atoms. The lowest BCUT2D eigenvalue weighted by Gasteiger charge is -2.49. The molecule has 4 atom stereocenters. The summed E-state index contributed by atoms with van der Waals surface area (Å²) < 4.78 is 15.9. The second kappa shape index (κ2) is 11.4. The largest absolute Gasteiger partial charge is 0.390 e. The Balaban J connectivity index is 2.54. The van der Waals surface area contributed by atoms with Gasteiger partial charge in [0.1, 0.15) is 25.1 Å². The van der Waals surface area contributed by atoms with Gasteiger partial charge in [0.05, 0.1) is 25.8 Å². The number of aliphatic hydroxyl groups is 1. The van der Waals surface area contributed by atoms with Gasteiger partial charge in [-0.15, -0.1) is 4.67 Å². The molecule has 0 radical (unpaired) electrons. The minimum atomic E-state index is -3.21. The molecule has 2 rings (SSSR count). The molecule has 0 aromatic carbocycles. The Morgan fingerprint density at radius 1 is 1.32 bits per heavy atom. The Labute approximate surface area is 222 Å². The first-order valence-corrected chi connectivity index (χ1v) is 17.7. The molecule has 10 nitrogen and oxygen atoms in total. The minimum absolute atomic E-state index is 0.0313. The van der Waals surface area contributed by atoms with Gasteiger partial charge >= 0.3 is 13.6 Å². The van der Waals surface area contributed by atoms with Crippen LogP contribution in [0.3, 0.4) is 0 Å². The zero-order chi connectivity index (χ0) is 28.6. The summed E-state index contributed by atoms with van der Waals surface area (Å²) in [6.07, 6.45) is 0.270. The van der Waals surface area contributed by atoms with Crippen LogP contribution in [-0.2, 0) is 9.26 Å². The fraction of sp³-hybridized carbons (Fsp3) is 0.800. The Hall–Kier alpha value is -1.38. The molecular weight excluding hydrogens is 511 g/mol. The Kier molecular flexibility index (Phi) is 9.80. The van der Waals surface area contributed by atoms with Crippen molar-refractivity contribution in [1.82, 2.24) is 14.2 Å². The number of aryl methyl sites for hydroxylation is 1. The lowest BCUT2D eigenvalue weighted by molar-refractivity contribution is -0.0575. The van der Waals surface area contributed by atoms with Crippen molar-refractivity contribution in [1.29, 1.82) is 5.26 Å². The van der Waals surface area contributed by atoms with E-state index >= 15 is 0 Å². The molecule has 210 valence electrons. The fourth-order valence-electron chi connectivity index (χ4n) is 5.14. The molecule has 1 aliphatic rings. The molecule has 3 N–H and O–H groups in total. The van der Waals surface area contributed by atoms with Crippen LogP contribution in [0.1, 0.15) is 73.1 Å². The molecule has 1 aliphatic heterocycles. The summed E-state index contributed by atoms with van der Waals surface area (Å²) >= 11 is 0. The first-order chi connectivity index (χ1) is 16.8. The molecule has 12 heteroatoms. The summed E-state index contributed by atoms with van der Waals surface area (Å²) in [5.74, 6) is 0. The van der Waals surface area contributed by atoms with E-state index in [2.05, 4.69) is 44.9 Å². The van der Waals surface area contributed by atoms with Crippen molar-refractivity contribution in [2.24, 2.45) is 0 Å². The van der Waals surface area contributed by atoms with Crippen LogP contribution in [-0.4, -0.2) is 68.5 Å². The van der Waals surface area contributed by atoms with Crippen LogP contribution < -0.4 is 11.2 Å². The molecule has 0 spiro atoms. The van der Waals surface area contributed by atoms with Crippen molar-refractivity contribution >= 4 is 15.9 Å². The average molecular weight is 558 g/mol. The highest BCUT2D eigenvalue weighted by Crippen LogP contribution is 2.62. The second-order valence-corrected chi connectivity index (χ2v) is 20.3. The van der Waals surface area contributed by atoms with Crippen LogP contribution in [0.15, 0.2) is 15.8 Å². The number of hydrogen-bond acceptors (Lipinski definition) is 8. The number of nitrogens with one attached hydrogen (secondary N) is 1. The van der Waals surface area contributed by atoms with Crippen LogP contribution in [0.25, 0.3) is 0 Å². The van der Waals surface area contributed by atoms with E-state index in [1.54, 1.807) is 6.92 Å². The quantitative estimate of drug-likeness (QED) is 0.292. The first kappa shape index (κ1) is 31.8. The van der Waals surface area contributed by atoms with Crippen molar-refractivity contribution in [3.05, 3.63) is 32.6 Å². The number of nitriles is 1. The lowest BCUT2D eigenvalue weighted by atomic mass is 10.1. The number of nitrogens with zero attached hydrogens (tertiary/aromatic N) is 3. The predicted octanol–water partition coefficient (Wildman–Crippen LogP) is 3.72. The molecule has 37 heavy (non-hydrogen) atoms. The molecule has 1 aromatic heterocycles. The number of ether oxygens (including phenoxy) is 1. The maximum atomic E-state index is 12.7. The number of hydrogen-bond donors (Lipinski definition) is 3. The molecule has 1 fully saturated rings. The minimum Gasteiger partial charge on any atom is -0.390 e. The van der Waals surface area contributed by atoms with E-state index in [1.165, 1.54) is 10.8 Å².